The van der Waals surface area contributed by atoms with Crippen LogP contribution < -0.4 is 11.3 Å². The summed E-state index contributed by atoms with van der Waals surface area (Å²) in [5, 5.41) is 14.8. The molecule has 0 saturated carbocycles. The summed E-state index contributed by atoms with van der Waals surface area (Å²) in [4.78, 5) is 18.3. The molecule has 0 radical (unpaired) electrons. The van der Waals surface area contributed by atoms with Crippen molar-refractivity contribution in [2.75, 3.05) is 26.6 Å². The Morgan fingerprint density at radius 3 is 3.00 bits per heavy atom. The molecule has 3 heterocycles. The molecule has 0 amide bonds. The van der Waals surface area contributed by atoms with Gasteiger partial charge in [0.2, 0.25) is 5.95 Å². The van der Waals surface area contributed by atoms with Crippen LogP contribution in [0.25, 0.3) is 11.0 Å². The molecule has 0 aliphatic carbocycles. The van der Waals surface area contributed by atoms with Crippen LogP contribution in [0.5, 0.6) is 0 Å². The lowest BCUT2D eigenvalue weighted by molar-refractivity contribution is -0.0653. The lowest BCUT2D eigenvalue weighted by Crippen LogP contribution is -2.35. The fourth-order valence-electron chi connectivity index (χ4n) is 2.65. The molecule has 2 aromatic rings. The number of aromatic nitrogens is 4. The van der Waals surface area contributed by atoms with Crippen LogP contribution in [0, 0.1) is 0 Å². The number of nitrogens with two attached hydrogens (primary N) is 1. The van der Waals surface area contributed by atoms with E-state index in [1.807, 2.05) is 0 Å². The summed E-state index contributed by atoms with van der Waals surface area (Å²) in [6.45, 7) is 0.251. The van der Waals surface area contributed by atoms with Crippen LogP contribution >= 0.6 is 0 Å². The average molecular weight is 311 g/mol. The second-order valence-corrected chi connectivity index (χ2v) is 4.99. The number of aliphatic hydroxyl groups is 1. The number of H-pyrrole nitrogens is 1. The van der Waals surface area contributed by atoms with Crippen molar-refractivity contribution < 1.29 is 19.3 Å². The number of ether oxygens (including phenoxy) is 3. The monoisotopic (exact) mass is 311 g/mol. The summed E-state index contributed by atoms with van der Waals surface area (Å²) in [5.74, 6) is -0.0385. The standard InChI is InChI=1S/C12H17N5O5/c1-20-4-6-8(21-2)7(18)11(22-6)17-9-5(3-14-17)10(19)16-12(13)15-9/h3,6-8,11,18H,4H2,1-2H3,(H3,13,15,16,19)/t6-,7+,8?,11-/m1/s1. The number of fused-ring (bicyclic) bond motifs is 1. The Bertz CT molecular complexity index is 728. The van der Waals surface area contributed by atoms with Crippen molar-refractivity contribution in [1.82, 2.24) is 19.7 Å². The summed E-state index contributed by atoms with van der Waals surface area (Å²) < 4.78 is 17.4. The second-order valence-electron chi connectivity index (χ2n) is 4.99. The van der Waals surface area contributed by atoms with Crippen LogP contribution in [0.3, 0.4) is 0 Å². The first-order chi connectivity index (χ1) is 10.6. The van der Waals surface area contributed by atoms with Gasteiger partial charge in [0, 0.05) is 14.2 Å². The first-order valence-corrected chi connectivity index (χ1v) is 6.65. The third-order valence-corrected chi connectivity index (χ3v) is 3.64. The van der Waals surface area contributed by atoms with E-state index < -0.39 is 30.1 Å². The molecule has 0 bridgehead atoms. The predicted octanol–water partition coefficient (Wildman–Crippen LogP) is -1.38. The Hall–Kier alpha value is -2.01. The molecular formula is C12H17N5O5. The number of aliphatic hydroxyl groups excluding tert-OH is 1. The van der Waals surface area contributed by atoms with E-state index in [0.717, 1.165) is 0 Å². The Morgan fingerprint density at radius 1 is 1.55 bits per heavy atom. The first-order valence-electron chi connectivity index (χ1n) is 6.65. The van der Waals surface area contributed by atoms with Gasteiger partial charge in [-0.1, -0.05) is 0 Å². The van der Waals surface area contributed by atoms with Crippen LogP contribution in [0.4, 0.5) is 5.95 Å². The molecule has 10 nitrogen and oxygen atoms in total. The number of nitrogen functional groups attached to an aromatic ring is 1. The normalized spacial score (nSPS) is 28.5. The lowest BCUT2D eigenvalue weighted by Gasteiger charge is -2.17. The van der Waals surface area contributed by atoms with Crippen LogP contribution in [0.1, 0.15) is 6.23 Å². The highest BCUT2D eigenvalue weighted by molar-refractivity contribution is 5.74. The molecule has 22 heavy (non-hydrogen) atoms. The second kappa shape index (κ2) is 5.65. The number of nitrogens with zero attached hydrogens (tertiary/aromatic N) is 3. The Morgan fingerprint density at radius 2 is 2.32 bits per heavy atom. The van der Waals surface area contributed by atoms with E-state index in [1.165, 1.54) is 25.1 Å². The van der Waals surface area contributed by atoms with E-state index in [2.05, 4.69) is 15.1 Å². The van der Waals surface area contributed by atoms with Crippen molar-refractivity contribution in [3.05, 3.63) is 16.6 Å². The summed E-state index contributed by atoms with van der Waals surface area (Å²) in [7, 11) is 3.01. The van der Waals surface area contributed by atoms with Crippen LogP contribution in [-0.4, -0.2) is 64.0 Å². The van der Waals surface area contributed by atoms with Gasteiger partial charge >= 0.3 is 0 Å². The maximum atomic E-state index is 11.8. The largest absolute Gasteiger partial charge is 0.385 e. The quantitative estimate of drug-likeness (QED) is 0.628. The lowest BCUT2D eigenvalue weighted by atomic mass is 10.1. The van der Waals surface area contributed by atoms with E-state index >= 15 is 0 Å². The zero-order valence-corrected chi connectivity index (χ0v) is 12.1. The van der Waals surface area contributed by atoms with Gasteiger partial charge in [-0.3, -0.25) is 9.78 Å². The minimum absolute atomic E-state index is 0.0385. The first kappa shape index (κ1) is 14.9. The Labute approximate surface area is 124 Å². The Balaban J connectivity index is 2.02. The van der Waals surface area contributed by atoms with Gasteiger partial charge in [-0.15, -0.1) is 0 Å². The van der Waals surface area contributed by atoms with Gasteiger partial charge in [0.25, 0.3) is 5.56 Å². The SMILES string of the molecule is COC[C@H]1O[C@@H](n2ncc3c(=O)[nH]c(N)nc32)[C@@H](O)C1OC. The van der Waals surface area contributed by atoms with E-state index in [-0.39, 0.29) is 23.6 Å². The smallest absolute Gasteiger partial charge is 0.263 e. The molecule has 1 unspecified atom stereocenters. The molecule has 1 saturated heterocycles. The van der Waals surface area contributed by atoms with Crippen LogP contribution in [0.2, 0.25) is 0 Å². The van der Waals surface area contributed by atoms with E-state index in [9.17, 15) is 9.90 Å². The van der Waals surface area contributed by atoms with Gasteiger partial charge in [0.15, 0.2) is 11.9 Å². The minimum Gasteiger partial charge on any atom is -0.385 e. The van der Waals surface area contributed by atoms with E-state index in [1.54, 1.807) is 0 Å². The fraction of sp³-hybridized carbons (Fsp3) is 0.583. The fourth-order valence-corrected chi connectivity index (χ4v) is 2.65. The zero-order valence-electron chi connectivity index (χ0n) is 12.1. The molecule has 0 aromatic carbocycles. The molecule has 4 atom stereocenters. The van der Waals surface area contributed by atoms with Crippen molar-refractivity contribution in [3.63, 3.8) is 0 Å². The number of methoxy groups -OCH3 is 2. The third-order valence-electron chi connectivity index (χ3n) is 3.64. The molecule has 10 heteroatoms. The van der Waals surface area contributed by atoms with Gasteiger partial charge < -0.3 is 25.1 Å². The van der Waals surface area contributed by atoms with Crippen molar-refractivity contribution >= 4 is 17.0 Å². The van der Waals surface area contributed by atoms with Crippen molar-refractivity contribution in [3.8, 4) is 0 Å². The summed E-state index contributed by atoms with van der Waals surface area (Å²) in [6.07, 6.45) is -1.54. The highest BCUT2D eigenvalue weighted by atomic mass is 16.6. The van der Waals surface area contributed by atoms with Crippen molar-refractivity contribution in [2.24, 2.45) is 0 Å². The van der Waals surface area contributed by atoms with Gasteiger partial charge in [-0.25, -0.2) is 4.68 Å². The molecular weight excluding hydrogens is 294 g/mol. The summed E-state index contributed by atoms with van der Waals surface area (Å²) >= 11 is 0. The third kappa shape index (κ3) is 2.25. The molecule has 4 N–H and O–H groups in total. The van der Waals surface area contributed by atoms with Gasteiger partial charge in [0.1, 0.15) is 23.7 Å². The molecule has 1 fully saturated rings. The maximum absolute atomic E-state index is 11.8. The number of aromatic amines is 1. The molecule has 3 rings (SSSR count). The molecule has 0 spiro atoms. The van der Waals surface area contributed by atoms with Crippen LogP contribution in [0.15, 0.2) is 11.0 Å². The van der Waals surface area contributed by atoms with E-state index in [0.29, 0.717) is 0 Å². The minimum atomic E-state index is -0.990. The van der Waals surface area contributed by atoms with Gasteiger partial charge in [-0.05, 0) is 0 Å². The summed E-state index contributed by atoms with van der Waals surface area (Å²) in [6, 6.07) is 0. The highest BCUT2D eigenvalue weighted by Crippen LogP contribution is 2.32. The summed E-state index contributed by atoms with van der Waals surface area (Å²) in [5.41, 5.74) is 5.39. The van der Waals surface area contributed by atoms with Crippen molar-refractivity contribution in [2.45, 2.75) is 24.5 Å². The number of hydrogen-bond donors (Lipinski definition) is 3. The molecule has 2 aromatic heterocycles. The maximum Gasteiger partial charge on any atom is 0.263 e. The molecule has 1 aliphatic rings. The number of rotatable bonds is 4. The van der Waals surface area contributed by atoms with Crippen LogP contribution in [-0.2, 0) is 14.2 Å². The molecule has 120 valence electrons. The number of nitrogens with one attached hydrogen (secondary N) is 1. The average Bonchev–Trinajstić information content (AvgIpc) is 3.01. The topological polar surface area (TPSA) is 138 Å². The van der Waals surface area contributed by atoms with Gasteiger partial charge in [0.05, 0.1) is 12.8 Å². The molecule has 1 aliphatic heterocycles. The number of hydrogen-bond acceptors (Lipinski definition) is 8. The Kier molecular flexibility index (Phi) is 3.83. The van der Waals surface area contributed by atoms with Gasteiger partial charge in [-0.2, -0.15) is 10.1 Å². The van der Waals surface area contributed by atoms with E-state index in [4.69, 9.17) is 19.9 Å². The highest BCUT2D eigenvalue weighted by Gasteiger charge is 2.46. The predicted molar refractivity (Wildman–Crippen MR) is 75.2 cm³/mol. The zero-order chi connectivity index (χ0) is 15.9. The number of anilines is 1. The van der Waals surface area contributed by atoms with Crippen molar-refractivity contribution in [1.29, 1.82) is 0 Å².